The number of rotatable bonds is 5. The summed E-state index contributed by atoms with van der Waals surface area (Å²) in [5.41, 5.74) is 0.841. The van der Waals surface area contributed by atoms with Gasteiger partial charge in [0.2, 0.25) is 0 Å². The molecule has 11 heteroatoms. The van der Waals surface area contributed by atoms with Crippen LogP contribution in [-0.2, 0) is 0 Å². The zero-order chi connectivity index (χ0) is 20.4. The maximum Gasteiger partial charge on any atom is 0.277 e. The Balaban J connectivity index is 1.90. The molecule has 2 aromatic carbocycles. The molecule has 3 aromatic rings. The van der Waals surface area contributed by atoms with Gasteiger partial charge in [0.15, 0.2) is 5.69 Å². The van der Waals surface area contributed by atoms with Crippen molar-refractivity contribution < 1.29 is 14.5 Å². The Bertz CT molecular complexity index is 1090. The maximum absolute atomic E-state index is 12.4. The molecule has 1 amide bonds. The van der Waals surface area contributed by atoms with Crippen molar-refractivity contribution in [3.8, 4) is 11.5 Å². The maximum atomic E-state index is 12.4. The van der Waals surface area contributed by atoms with Crippen LogP contribution in [0, 0.1) is 17.0 Å². The summed E-state index contributed by atoms with van der Waals surface area (Å²) in [4.78, 5) is 23.1. The molecule has 0 aliphatic carbocycles. The summed E-state index contributed by atoms with van der Waals surface area (Å²) in [5, 5.41) is 20.9. The molecule has 8 nitrogen and oxygen atoms in total. The van der Waals surface area contributed by atoms with Gasteiger partial charge < -0.3 is 10.1 Å². The molecule has 28 heavy (non-hydrogen) atoms. The quantitative estimate of drug-likeness (QED) is 0.318. The molecule has 1 aromatic heterocycles. The topological polar surface area (TPSA) is 110 Å². The molecule has 0 aliphatic heterocycles. The average Bonchev–Trinajstić information content (AvgIpc) is 2.97. The lowest BCUT2D eigenvalue weighted by molar-refractivity contribution is -0.384. The van der Waals surface area contributed by atoms with Crippen LogP contribution in [-0.4, -0.2) is 21.0 Å². The minimum absolute atomic E-state index is 0.0918. The first kappa shape index (κ1) is 20.3. The fraction of sp³-hybridized carbons (Fsp3) is 0.0588. The lowest BCUT2D eigenvalue weighted by Crippen LogP contribution is -2.13. The first-order valence-electron chi connectivity index (χ1n) is 7.69. The normalized spacial score (nSPS) is 10.6. The van der Waals surface area contributed by atoms with Gasteiger partial charge in [-0.1, -0.05) is 11.6 Å². The fourth-order valence-electron chi connectivity index (χ4n) is 2.28. The number of hydrogen-bond acceptors (Lipinski definition) is 5. The molecule has 0 fully saturated rings. The zero-order valence-corrected chi connectivity index (χ0v) is 18.1. The van der Waals surface area contributed by atoms with Crippen molar-refractivity contribution in [1.29, 1.82) is 0 Å². The van der Waals surface area contributed by atoms with Gasteiger partial charge in [-0.2, -0.15) is 5.10 Å². The molecule has 3 rings (SSSR count). The number of benzene rings is 2. The first-order chi connectivity index (χ1) is 13.2. The van der Waals surface area contributed by atoms with Gasteiger partial charge in [-0.3, -0.25) is 20.0 Å². The van der Waals surface area contributed by atoms with Crippen molar-refractivity contribution in [2.24, 2.45) is 0 Å². The van der Waals surface area contributed by atoms with E-state index in [2.05, 4.69) is 47.4 Å². The van der Waals surface area contributed by atoms with Gasteiger partial charge in [0.05, 0.1) is 21.1 Å². The van der Waals surface area contributed by atoms with Gasteiger partial charge >= 0.3 is 0 Å². The predicted molar refractivity (Wildman–Crippen MR) is 111 cm³/mol. The Morgan fingerprint density at radius 3 is 2.61 bits per heavy atom. The number of nitrogens with one attached hydrogen (secondary N) is 2. The summed E-state index contributed by atoms with van der Waals surface area (Å²) in [7, 11) is 0. The molecule has 1 heterocycles. The van der Waals surface area contributed by atoms with Gasteiger partial charge in [-0.05, 0) is 62.5 Å². The zero-order valence-electron chi connectivity index (χ0n) is 14.1. The van der Waals surface area contributed by atoms with Crippen LogP contribution in [0.25, 0.3) is 0 Å². The van der Waals surface area contributed by atoms with Crippen LogP contribution < -0.4 is 10.1 Å². The second-order valence-corrected chi connectivity index (χ2v) is 7.63. The first-order valence-corrected chi connectivity index (χ1v) is 9.65. The van der Waals surface area contributed by atoms with E-state index in [1.54, 1.807) is 18.2 Å². The number of amides is 1. The number of aryl methyl sites for hydroxylation is 1. The van der Waals surface area contributed by atoms with Crippen LogP contribution in [0.5, 0.6) is 11.5 Å². The highest BCUT2D eigenvalue weighted by atomic mass is 79.9. The number of carbonyl (C=O) groups is 1. The number of anilines is 1. The number of non-ortho nitro benzene ring substituents is 1. The number of ether oxygens (including phenoxy) is 1. The van der Waals surface area contributed by atoms with E-state index in [-0.39, 0.29) is 22.8 Å². The predicted octanol–water partition coefficient (Wildman–Crippen LogP) is 5.85. The molecule has 0 atom stereocenters. The monoisotopic (exact) mass is 528 g/mol. The smallest absolute Gasteiger partial charge is 0.277 e. The number of hydrogen-bond donors (Lipinski definition) is 2. The van der Waals surface area contributed by atoms with Crippen LogP contribution in [0.1, 0.15) is 16.1 Å². The molecular formula is C17H11Br2ClN4O4. The van der Waals surface area contributed by atoms with E-state index in [1.165, 1.54) is 18.2 Å². The number of carbonyl (C=O) groups excluding carboxylic acids is 1. The van der Waals surface area contributed by atoms with E-state index in [4.69, 9.17) is 16.3 Å². The van der Waals surface area contributed by atoms with Crippen molar-refractivity contribution in [3.05, 3.63) is 71.9 Å². The minimum atomic E-state index is -0.573. The number of nitrogens with zero attached hydrogens (tertiary/aromatic N) is 2. The van der Waals surface area contributed by atoms with E-state index in [1.807, 2.05) is 6.92 Å². The molecule has 0 bridgehead atoms. The molecule has 0 aliphatic rings. The third kappa shape index (κ3) is 4.51. The number of H-pyrrole nitrogens is 1. The average molecular weight is 531 g/mol. The van der Waals surface area contributed by atoms with Crippen molar-refractivity contribution in [2.75, 3.05) is 5.32 Å². The SMILES string of the molecule is Cc1cc(Oc2cc(NC(=O)c3n[nH]c(Br)c3Br)cc([N+](=O)[O-])c2)ccc1Cl. The van der Waals surface area contributed by atoms with E-state index in [9.17, 15) is 14.9 Å². The van der Waals surface area contributed by atoms with Crippen LogP contribution >= 0.6 is 43.5 Å². The van der Waals surface area contributed by atoms with Gasteiger partial charge in [0, 0.05) is 17.2 Å². The van der Waals surface area contributed by atoms with Crippen molar-refractivity contribution >= 4 is 60.7 Å². The Morgan fingerprint density at radius 1 is 1.25 bits per heavy atom. The molecule has 0 saturated carbocycles. The summed E-state index contributed by atoms with van der Waals surface area (Å²) < 4.78 is 6.64. The Morgan fingerprint density at radius 2 is 2.00 bits per heavy atom. The second kappa shape index (κ2) is 8.29. The van der Waals surface area contributed by atoms with Crippen molar-refractivity contribution in [3.63, 3.8) is 0 Å². The molecule has 0 unspecified atom stereocenters. The van der Waals surface area contributed by atoms with Gasteiger partial charge in [-0.25, -0.2) is 0 Å². The van der Waals surface area contributed by atoms with E-state index in [0.29, 0.717) is 19.8 Å². The van der Waals surface area contributed by atoms with Gasteiger partial charge in [0.25, 0.3) is 11.6 Å². The van der Waals surface area contributed by atoms with Crippen molar-refractivity contribution in [1.82, 2.24) is 10.2 Å². The summed E-state index contributed by atoms with van der Waals surface area (Å²) in [6.07, 6.45) is 0. The van der Waals surface area contributed by atoms with Crippen molar-refractivity contribution in [2.45, 2.75) is 6.92 Å². The Kier molecular flexibility index (Phi) is 6.01. The van der Waals surface area contributed by atoms with Crippen LogP contribution in [0.15, 0.2) is 45.5 Å². The van der Waals surface area contributed by atoms with Gasteiger partial charge in [-0.15, -0.1) is 0 Å². The minimum Gasteiger partial charge on any atom is -0.457 e. The lowest BCUT2D eigenvalue weighted by atomic mass is 10.2. The highest BCUT2D eigenvalue weighted by Gasteiger charge is 2.19. The van der Waals surface area contributed by atoms with E-state index < -0.39 is 10.8 Å². The van der Waals surface area contributed by atoms with Crippen LogP contribution in [0.3, 0.4) is 0 Å². The number of nitro groups is 1. The van der Waals surface area contributed by atoms with Gasteiger partial charge in [0.1, 0.15) is 16.1 Å². The lowest BCUT2D eigenvalue weighted by Gasteiger charge is -2.10. The molecule has 0 spiro atoms. The summed E-state index contributed by atoms with van der Waals surface area (Å²) in [5.74, 6) is 0.0924. The summed E-state index contributed by atoms with van der Waals surface area (Å²) in [6.45, 7) is 1.81. The third-order valence-electron chi connectivity index (χ3n) is 3.61. The third-order valence-corrected chi connectivity index (χ3v) is 5.91. The summed E-state index contributed by atoms with van der Waals surface area (Å²) in [6, 6.07) is 8.99. The molecule has 2 N–H and O–H groups in total. The fourth-order valence-corrected chi connectivity index (χ4v) is 3.04. The summed E-state index contributed by atoms with van der Waals surface area (Å²) >= 11 is 12.4. The molecule has 144 valence electrons. The molecular weight excluding hydrogens is 519 g/mol. The largest absolute Gasteiger partial charge is 0.457 e. The number of aromatic amines is 1. The highest BCUT2D eigenvalue weighted by Crippen LogP contribution is 2.32. The van der Waals surface area contributed by atoms with E-state index in [0.717, 1.165) is 5.56 Å². The Hall–Kier alpha value is -2.43. The second-order valence-electron chi connectivity index (χ2n) is 5.64. The van der Waals surface area contributed by atoms with Crippen LogP contribution in [0.4, 0.5) is 11.4 Å². The van der Waals surface area contributed by atoms with Crippen LogP contribution in [0.2, 0.25) is 5.02 Å². The standard InChI is InChI=1S/C17H11Br2ClN4O4/c1-8-4-11(2-3-13(8)20)28-12-6-9(5-10(7-12)24(26)27)21-17(25)15-14(18)16(19)23-22-15/h2-7H,1H3,(H,21,25)(H,22,23). The Labute approximate surface area is 180 Å². The number of nitro benzene ring substituents is 1. The molecule has 0 radical (unpaired) electrons. The molecule has 0 saturated heterocycles. The number of aromatic nitrogens is 2. The number of halogens is 3. The highest BCUT2D eigenvalue weighted by molar-refractivity contribution is 9.13. The van der Waals surface area contributed by atoms with E-state index >= 15 is 0 Å².